The van der Waals surface area contributed by atoms with Crippen molar-refractivity contribution in [1.82, 2.24) is 10.3 Å². The summed E-state index contributed by atoms with van der Waals surface area (Å²) in [5, 5.41) is 16.5. The fourth-order valence-electron chi connectivity index (χ4n) is 4.02. The number of nitrogens with one attached hydrogen (secondary N) is 2. The first-order chi connectivity index (χ1) is 9.69. The molecule has 1 aromatic rings. The van der Waals surface area contributed by atoms with Crippen LogP contribution >= 0.6 is 11.3 Å². The summed E-state index contributed by atoms with van der Waals surface area (Å²) in [5.41, 5.74) is 1.15. The maximum absolute atomic E-state index is 12.0. The van der Waals surface area contributed by atoms with E-state index in [1.54, 1.807) is 11.3 Å². The molecule has 0 aliphatic heterocycles. The first-order valence-electron chi connectivity index (χ1n) is 7.43. The Hall–Kier alpha value is -1.14. The van der Waals surface area contributed by atoms with Gasteiger partial charge in [-0.1, -0.05) is 0 Å². The summed E-state index contributed by atoms with van der Waals surface area (Å²) < 4.78 is 0. The number of fused-ring (bicyclic) bond motifs is 3. The molecule has 3 aliphatic rings. The number of thiazole rings is 1. The minimum atomic E-state index is -0.234. The van der Waals surface area contributed by atoms with Crippen molar-refractivity contribution in [3.8, 4) is 0 Å². The Kier molecular flexibility index (Phi) is 2.96. The van der Waals surface area contributed by atoms with Gasteiger partial charge in [0.2, 0.25) is 0 Å². The lowest BCUT2D eigenvalue weighted by Crippen LogP contribution is -2.44. The lowest BCUT2D eigenvalue weighted by molar-refractivity contribution is 0.0960. The van der Waals surface area contributed by atoms with E-state index in [0.717, 1.165) is 37.8 Å². The number of rotatable bonds is 2. The van der Waals surface area contributed by atoms with E-state index in [2.05, 4.69) is 15.6 Å². The molecule has 0 radical (unpaired) electrons. The molecule has 1 aromatic heterocycles. The second-order valence-electron chi connectivity index (χ2n) is 6.25. The van der Waals surface area contributed by atoms with E-state index in [4.69, 9.17) is 0 Å². The Morgan fingerprint density at radius 3 is 2.95 bits per heavy atom. The summed E-state index contributed by atoms with van der Waals surface area (Å²) in [6, 6.07) is -0.0577. The molecule has 3 aliphatic carbocycles. The van der Waals surface area contributed by atoms with E-state index in [1.165, 1.54) is 11.3 Å². The van der Waals surface area contributed by atoms with Crippen LogP contribution in [0.25, 0.3) is 0 Å². The molecule has 5 nitrogen and oxygen atoms in total. The molecule has 2 amide bonds. The van der Waals surface area contributed by atoms with Gasteiger partial charge in [0.25, 0.3) is 0 Å². The molecule has 0 aromatic carbocycles. The van der Waals surface area contributed by atoms with Crippen molar-refractivity contribution in [2.75, 3.05) is 5.32 Å². The van der Waals surface area contributed by atoms with Crippen molar-refractivity contribution in [1.29, 1.82) is 0 Å². The Morgan fingerprint density at radius 2 is 2.20 bits per heavy atom. The zero-order valence-electron chi connectivity index (χ0n) is 11.3. The highest BCUT2D eigenvalue weighted by molar-refractivity contribution is 7.15. The summed E-state index contributed by atoms with van der Waals surface area (Å²) in [6.45, 7) is 0. The molecule has 2 bridgehead atoms. The van der Waals surface area contributed by atoms with Crippen molar-refractivity contribution in [3.05, 3.63) is 10.6 Å². The zero-order chi connectivity index (χ0) is 13.7. The molecule has 3 N–H and O–H groups in total. The van der Waals surface area contributed by atoms with Gasteiger partial charge < -0.3 is 10.4 Å². The highest BCUT2D eigenvalue weighted by atomic mass is 32.1. The predicted molar refractivity (Wildman–Crippen MR) is 76.9 cm³/mol. The van der Waals surface area contributed by atoms with E-state index >= 15 is 0 Å². The second-order valence-corrected chi connectivity index (χ2v) is 7.34. The number of nitrogens with zero attached hydrogens (tertiary/aromatic N) is 1. The van der Waals surface area contributed by atoms with Crippen molar-refractivity contribution in [2.45, 2.75) is 50.7 Å². The van der Waals surface area contributed by atoms with E-state index in [-0.39, 0.29) is 24.1 Å². The Morgan fingerprint density at radius 1 is 1.30 bits per heavy atom. The zero-order valence-corrected chi connectivity index (χ0v) is 12.1. The van der Waals surface area contributed by atoms with Gasteiger partial charge in [-0.2, -0.15) is 0 Å². The molecule has 1 heterocycles. The van der Waals surface area contributed by atoms with Crippen molar-refractivity contribution >= 4 is 22.5 Å². The van der Waals surface area contributed by atoms with E-state index in [1.807, 2.05) is 0 Å². The van der Waals surface area contributed by atoms with Crippen LogP contribution in [0, 0.1) is 11.8 Å². The standard InChI is InChI=1S/C14H19N3O2S/c18-11-6-7-4-8(11)10(5-7)15-13(19)17-14-16-9-2-1-3-12(9)20-14/h7-8,10-11,18H,1-6H2,(H2,15,16,17,19)/t7-,8+,10-,11+/m0/s1. The number of aliphatic hydroxyl groups is 1. The van der Waals surface area contributed by atoms with Crippen LogP contribution in [0.5, 0.6) is 0 Å². The number of anilines is 1. The van der Waals surface area contributed by atoms with Gasteiger partial charge in [-0.05, 0) is 44.4 Å². The highest BCUT2D eigenvalue weighted by Gasteiger charge is 2.46. The molecule has 20 heavy (non-hydrogen) atoms. The van der Waals surface area contributed by atoms with Gasteiger partial charge in [-0.15, -0.1) is 11.3 Å². The largest absolute Gasteiger partial charge is 0.393 e. The third-order valence-electron chi connectivity index (χ3n) is 4.91. The average Bonchev–Trinajstić information content (AvgIpc) is 3.07. The van der Waals surface area contributed by atoms with Gasteiger partial charge in [0, 0.05) is 16.8 Å². The van der Waals surface area contributed by atoms with Crippen LogP contribution in [0.15, 0.2) is 0 Å². The first-order valence-corrected chi connectivity index (χ1v) is 8.25. The van der Waals surface area contributed by atoms with E-state index in [0.29, 0.717) is 11.0 Å². The summed E-state index contributed by atoms with van der Waals surface area (Å²) >= 11 is 1.59. The number of aliphatic hydroxyl groups excluding tert-OH is 1. The molecular weight excluding hydrogens is 274 g/mol. The number of aryl methyl sites for hydroxylation is 2. The second kappa shape index (κ2) is 4.70. The fourth-order valence-corrected chi connectivity index (χ4v) is 5.07. The van der Waals surface area contributed by atoms with Crippen molar-refractivity contribution in [2.24, 2.45) is 11.8 Å². The van der Waals surface area contributed by atoms with Gasteiger partial charge in [0.15, 0.2) is 5.13 Å². The van der Waals surface area contributed by atoms with Gasteiger partial charge in [0.05, 0.1) is 11.8 Å². The highest BCUT2D eigenvalue weighted by Crippen LogP contribution is 2.44. The number of carbonyl (C=O) groups is 1. The number of amides is 2. The van der Waals surface area contributed by atoms with Gasteiger partial charge in [-0.25, -0.2) is 9.78 Å². The number of aromatic nitrogens is 1. The van der Waals surface area contributed by atoms with Crippen LogP contribution in [0.4, 0.5) is 9.93 Å². The van der Waals surface area contributed by atoms with Crippen LogP contribution in [-0.4, -0.2) is 28.3 Å². The Balaban J connectivity index is 1.36. The molecule has 6 heteroatoms. The molecule has 0 saturated heterocycles. The number of urea groups is 1. The molecule has 4 atom stereocenters. The third kappa shape index (κ3) is 2.11. The lowest BCUT2D eigenvalue weighted by atomic mass is 9.93. The number of carbonyl (C=O) groups excluding carboxylic acids is 1. The van der Waals surface area contributed by atoms with Crippen LogP contribution in [0.3, 0.4) is 0 Å². The van der Waals surface area contributed by atoms with E-state index < -0.39 is 0 Å². The Labute approximate surface area is 121 Å². The monoisotopic (exact) mass is 293 g/mol. The quantitative estimate of drug-likeness (QED) is 0.780. The smallest absolute Gasteiger partial charge is 0.321 e. The summed E-state index contributed by atoms with van der Waals surface area (Å²) in [7, 11) is 0. The fraction of sp³-hybridized carbons (Fsp3) is 0.714. The molecule has 0 unspecified atom stereocenters. The minimum absolute atomic E-state index is 0.121. The van der Waals surface area contributed by atoms with Crippen LogP contribution in [-0.2, 0) is 12.8 Å². The molecule has 4 rings (SSSR count). The minimum Gasteiger partial charge on any atom is -0.393 e. The average molecular weight is 293 g/mol. The van der Waals surface area contributed by atoms with Crippen molar-refractivity contribution < 1.29 is 9.90 Å². The molecule has 2 fully saturated rings. The number of hydrogen-bond donors (Lipinski definition) is 3. The summed E-state index contributed by atoms with van der Waals surface area (Å²) in [4.78, 5) is 17.8. The topological polar surface area (TPSA) is 74.2 Å². The van der Waals surface area contributed by atoms with Gasteiger partial charge in [-0.3, -0.25) is 5.32 Å². The molecular formula is C14H19N3O2S. The van der Waals surface area contributed by atoms with Gasteiger partial charge >= 0.3 is 6.03 Å². The Bertz CT molecular complexity index is 523. The summed E-state index contributed by atoms with van der Waals surface area (Å²) in [5.74, 6) is 0.830. The summed E-state index contributed by atoms with van der Waals surface area (Å²) in [6.07, 6.45) is 6.04. The SMILES string of the molecule is O=C(Nc1nc2c(s1)CCC2)N[C@H]1C[C@@H]2C[C@H]1[C@H](O)C2. The maximum atomic E-state index is 12.0. The lowest BCUT2D eigenvalue weighted by Gasteiger charge is -2.26. The van der Waals surface area contributed by atoms with Crippen LogP contribution in [0.2, 0.25) is 0 Å². The normalized spacial score (nSPS) is 34.2. The van der Waals surface area contributed by atoms with Gasteiger partial charge in [0.1, 0.15) is 0 Å². The molecule has 0 spiro atoms. The first kappa shape index (κ1) is 12.6. The number of hydrogen-bond acceptors (Lipinski definition) is 4. The maximum Gasteiger partial charge on any atom is 0.321 e. The van der Waals surface area contributed by atoms with E-state index in [9.17, 15) is 9.90 Å². The van der Waals surface area contributed by atoms with Crippen LogP contribution < -0.4 is 10.6 Å². The molecule has 108 valence electrons. The molecule has 2 saturated carbocycles. The van der Waals surface area contributed by atoms with Crippen molar-refractivity contribution in [3.63, 3.8) is 0 Å². The predicted octanol–water partition coefficient (Wildman–Crippen LogP) is 1.91. The van der Waals surface area contributed by atoms with Crippen LogP contribution in [0.1, 0.15) is 36.3 Å². The third-order valence-corrected chi connectivity index (χ3v) is 5.98.